The zero-order valence-corrected chi connectivity index (χ0v) is 9.39. The quantitative estimate of drug-likeness (QED) is 0.258. The van der Waals surface area contributed by atoms with Crippen molar-refractivity contribution in [1.29, 1.82) is 0 Å². The first-order valence-electron chi connectivity index (χ1n) is 5.10. The summed E-state index contributed by atoms with van der Waals surface area (Å²) in [5, 5.41) is 10.4. The van der Waals surface area contributed by atoms with Crippen LogP contribution in [0.4, 0.5) is 10.1 Å². The molecule has 0 fully saturated rings. The summed E-state index contributed by atoms with van der Waals surface area (Å²) in [6.07, 6.45) is 0.591. The molecule has 18 heavy (non-hydrogen) atoms. The molecule has 0 saturated carbocycles. The fraction of sp³-hybridized carbons (Fsp3) is 0.300. The summed E-state index contributed by atoms with van der Waals surface area (Å²) in [5.41, 5.74) is 1.36. The summed E-state index contributed by atoms with van der Waals surface area (Å²) >= 11 is 0. The third-order valence-corrected chi connectivity index (χ3v) is 2.09. The highest BCUT2D eigenvalue weighted by Crippen LogP contribution is 2.22. The summed E-state index contributed by atoms with van der Waals surface area (Å²) in [6, 6.07) is 3.25. The third kappa shape index (κ3) is 3.98. The number of nitro benzene ring substituents is 1. The molecular weight excluding hydrogens is 245 g/mol. The predicted octanol–water partition coefficient (Wildman–Crippen LogP) is 0.883. The van der Waals surface area contributed by atoms with Crippen LogP contribution in [0.3, 0.4) is 0 Å². The van der Waals surface area contributed by atoms with E-state index in [4.69, 9.17) is 10.6 Å². The van der Waals surface area contributed by atoms with Crippen LogP contribution in [0.2, 0.25) is 0 Å². The SMILES string of the molecule is NNC(=O)CCCOc1ccc([N+](=O)[O-])c(F)c1. The molecule has 7 nitrogen and oxygen atoms in total. The average molecular weight is 257 g/mol. The molecule has 1 amide bonds. The number of hydrogen-bond donors (Lipinski definition) is 2. The van der Waals surface area contributed by atoms with Gasteiger partial charge in [-0.25, -0.2) is 5.84 Å². The van der Waals surface area contributed by atoms with Gasteiger partial charge in [0.25, 0.3) is 0 Å². The number of hydrazine groups is 1. The molecule has 8 heteroatoms. The number of nitrogens with two attached hydrogens (primary N) is 1. The van der Waals surface area contributed by atoms with Crippen molar-refractivity contribution in [3.8, 4) is 5.75 Å². The summed E-state index contributed by atoms with van der Waals surface area (Å²) in [5.74, 6) is 3.76. The molecule has 1 aromatic rings. The maximum atomic E-state index is 13.2. The van der Waals surface area contributed by atoms with E-state index >= 15 is 0 Å². The first-order chi connectivity index (χ1) is 8.54. The van der Waals surface area contributed by atoms with E-state index in [1.807, 2.05) is 5.43 Å². The lowest BCUT2D eigenvalue weighted by Gasteiger charge is -2.05. The van der Waals surface area contributed by atoms with Crippen molar-refractivity contribution in [2.75, 3.05) is 6.61 Å². The number of amides is 1. The van der Waals surface area contributed by atoms with Gasteiger partial charge >= 0.3 is 5.69 Å². The van der Waals surface area contributed by atoms with Gasteiger partial charge in [-0.05, 0) is 12.5 Å². The number of rotatable bonds is 6. The summed E-state index contributed by atoms with van der Waals surface area (Å²) < 4.78 is 18.3. The van der Waals surface area contributed by atoms with Gasteiger partial charge in [0.1, 0.15) is 5.75 Å². The lowest BCUT2D eigenvalue weighted by Crippen LogP contribution is -2.29. The van der Waals surface area contributed by atoms with Gasteiger partial charge in [-0.1, -0.05) is 0 Å². The molecule has 0 unspecified atom stereocenters. The van der Waals surface area contributed by atoms with Gasteiger partial charge in [-0.3, -0.25) is 20.3 Å². The van der Waals surface area contributed by atoms with Crippen LogP contribution in [0.5, 0.6) is 5.75 Å². The number of nitro groups is 1. The Kier molecular flexibility index (Phi) is 5.00. The van der Waals surface area contributed by atoms with Crippen LogP contribution in [0.1, 0.15) is 12.8 Å². The minimum Gasteiger partial charge on any atom is -0.493 e. The smallest absolute Gasteiger partial charge is 0.305 e. The van der Waals surface area contributed by atoms with E-state index in [-0.39, 0.29) is 24.7 Å². The molecule has 0 atom stereocenters. The molecule has 0 aromatic heterocycles. The molecule has 98 valence electrons. The molecule has 0 aliphatic carbocycles. The fourth-order valence-electron chi connectivity index (χ4n) is 1.22. The van der Waals surface area contributed by atoms with E-state index in [1.165, 1.54) is 6.07 Å². The normalized spacial score (nSPS) is 9.89. The largest absolute Gasteiger partial charge is 0.493 e. The first-order valence-corrected chi connectivity index (χ1v) is 5.10. The molecule has 0 bridgehead atoms. The second-order valence-corrected chi connectivity index (χ2v) is 3.39. The number of nitrogens with one attached hydrogen (secondary N) is 1. The van der Waals surface area contributed by atoms with E-state index in [1.54, 1.807) is 0 Å². The highest BCUT2D eigenvalue weighted by atomic mass is 19.1. The number of nitrogens with zero attached hydrogens (tertiary/aromatic N) is 1. The second kappa shape index (κ2) is 6.50. The van der Waals surface area contributed by atoms with Crippen LogP contribution >= 0.6 is 0 Å². The van der Waals surface area contributed by atoms with E-state index < -0.39 is 16.4 Å². The maximum Gasteiger partial charge on any atom is 0.305 e. The minimum atomic E-state index is -0.961. The van der Waals surface area contributed by atoms with Gasteiger partial charge in [-0.15, -0.1) is 0 Å². The fourth-order valence-corrected chi connectivity index (χ4v) is 1.22. The zero-order chi connectivity index (χ0) is 13.5. The number of halogens is 1. The van der Waals surface area contributed by atoms with Gasteiger partial charge in [0.05, 0.1) is 11.5 Å². The maximum absolute atomic E-state index is 13.2. The van der Waals surface area contributed by atoms with E-state index in [2.05, 4.69) is 0 Å². The summed E-state index contributed by atoms with van der Waals surface area (Å²) in [7, 11) is 0. The Labute approximate surface area is 102 Å². The lowest BCUT2D eigenvalue weighted by atomic mass is 10.3. The topological polar surface area (TPSA) is 107 Å². The first kappa shape index (κ1) is 13.8. The van der Waals surface area contributed by atoms with Crippen molar-refractivity contribution in [3.05, 3.63) is 34.1 Å². The average Bonchev–Trinajstić information content (AvgIpc) is 2.34. The Balaban J connectivity index is 2.46. The highest BCUT2D eigenvalue weighted by Gasteiger charge is 2.14. The number of carbonyl (C=O) groups is 1. The van der Waals surface area contributed by atoms with Gasteiger partial charge in [0.2, 0.25) is 11.7 Å². The molecule has 3 N–H and O–H groups in total. The molecule has 1 rings (SSSR count). The van der Waals surface area contributed by atoms with Crippen LogP contribution in [0.25, 0.3) is 0 Å². The molecule has 0 aliphatic rings. The predicted molar refractivity (Wildman–Crippen MR) is 60.1 cm³/mol. The molecule has 0 aliphatic heterocycles. The highest BCUT2D eigenvalue weighted by molar-refractivity contribution is 5.75. The van der Waals surface area contributed by atoms with Crippen LogP contribution in [0, 0.1) is 15.9 Å². The number of carbonyl (C=O) groups excluding carboxylic acids is 1. The van der Waals surface area contributed by atoms with Gasteiger partial charge < -0.3 is 4.74 Å². The van der Waals surface area contributed by atoms with E-state index in [9.17, 15) is 19.3 Å². The van der Waals surface area contributed by atoms with Gasteiger partial charge in [0, 0.05) is 18.6 Å². The minimum absolute atomic E-state index is 0.172. The van der Waals surface area contributed by atoms with Crippen molar-refractivity contribution in [2.24, 2.45) is 5.84 Å². The molecule has 0 saturated heterocycles. The Morgan fingerprint density at radius 2 is 2.28 bits per heavy atom. The van der Waals surface area contributed by atoms with Crippen LogP contribution in [-0.2, 0) is 4.79 Å². The summed E-state index contributed by atoms with van der Waals surface area (Å²) in [6.45, 7) is 0.185. The number of ether oxygens (including phenoxy) is 1. The van der Waals surface area contributed by atoms with Crippen molar-refractivity contribution in [3.63, 3.8) is 0 Å². The Hall–Kier alpha value is -2.22. The number of hydrogen-bond acceptors (Lipinski definition) is 5. The van der Waals surface area contributed by atoms with Gasteiger partial charge in [-0.2, -0.15) is 4.39 Å². The van der Waals surface area contributed by atoms with E-state index in [0.717, 1.165) is 12.1 Å². The zero-order valence-electron chi connectivity index (χ0n) is 9.39. The monoisotopic (exact) mass is 257 g/mol. The van der Waals surface area contributed by atoms with Crippen molar-refractivity contribution in [1.82, 2.24) is 5.43 Å². The van der Waals surface area contributed by atoms with Crippen LogP contribution < -0.4 is 16.0 Å². The van der Waals surface area contributed by atoms with Crippen LogP contribution in [0.15, 0.2) is 18.2 Å². The Bertz CT molecular complexity index is 453. The molecular formula is C10H12FN3O4. The standard InChI is InChI=1S/C10H12FN3O4/c11-8-6-7(3-4-9(8)14(16)17)18-5-1-2-10(15)13-12/h3-4,6H,1-2,5,12H2,(H,13,15). The number of benzene rings is 1. The van der Waals surface area contributed by atoms with Crippen molar-refractivity contribution in [2.45, 2.75) is 12.8 Å². The second-order valence-electron chi connectivity index (χ2n) is 3.39. The molecule has 1 aromatic carbocycles. The van der Waals surface area contributed by atoms with E-state index in [0.29, 0.717) is 6.42 Å². The molecule has 0 heterocycles. The van der Waals surface area contributed by atoms with Crippen molar-refractivity contribution < 1.29 is 18.8 Å². The van der Waals surface area contributed by atoms with Crippen molar-refractivity contribution >= 4 is 11.6 Å². The van der Waals surface area contributed by atoms with Gasteiger partial charge in [0.15, 0.2) is 0 Å². The molecule has 0 spiro atoms. The Morgan fingerprint density at radius 3 is 2.83 bits per heavy atom. The Morgan fingerprint density at radius 1 is 1.56 bits per heavy atom. The van der Waals surface area contributed by atoms with Crippen LogP contribution in [-0.4, -0.2) is 17.4 Å². The summed E-state index contributed by atoms with van der Waals surface area (Å²) in [4.78, 5) is 20.3. The molecule has 0 radical (unpaired) electrons. The third-order valence-electron chi connectivity index (χ3n) is 2.09. The lowest BCUT2D eigenvalue weighted by molar-refractivity contribution is -0.387.